The van der Waals surface area contributed by atoms with Crippen LogP contribution in [0.3, 0.4) is 0 Å². The maximum atomic E-state index is 13.7. The van der Waals surface area contributed by atoms with Gasteiger partial charge >= 0.3 is 0 Å². The summed E-state index contributed by atoms with van der Waals surface area (Å²) in [7, 11) is 0. The number of ether oxygens (including phenoxy) is 2. The maximum absolute atomic E-state index is 13.7. The van der Waals surface area contributed by atoms with Crippen LogP contribution in [0.2, 0.25) is 0 Å². The van der Waals surface area contributed by atoms with Crippen LogP contribution in [0.5, 0.6) is 11.5 Å². The highest BCUT2D eigenvalue weighted by molar-refractivity contribution is 6.46. The highest BCUT2D eigenvalue weighted by atomic mass is 16.5. The number of hydrogen-bond donors (Lipinski definition) is 1. The number of ketones is 1. The molecule has 2 aromatic heterocycles. The molecule has 218 valence electrons. The zero-order chi connectivity index (χ0) is 29.6. The molecule has 1 atom stereocenters. The van der Waals surface area contributed by atoms with E-state index in [-0.39, 0.29) is 11.3 Å². The number of aliphatic hydroxyl groups is 1. The van der Waals surface area contributed by atoms with Crippen LogP contribution >= 0.6 is 0 Å². The van der Waals surface area contributed by atoms with Crippen LogP contribution < -0.4 is 9.47 Å². The lowest BCUT2D eigenvalue weighted by molar-refractivity contribution is -0.139. The highest BCUT2D eigenvalue weighted by Gasteiger charge is 2.46. The van der Waals surface area contributed by atoms with E-state index in [1.165, 1.54) is 0 Å². The highest BCUT2D eigenvalue weighted by Crippen LogP contribution is 2.42. The van der Waals surface area contributed by atoms with Crippen LogP contribution in [0.4, 0.5) is 0 Å². The van der Waals surface area contributed by atoms with Crippen molar-refractivity contribution in [1.82, 2.24) is 14.3 Å². The number of nitrogens with zero attached hydrogens (tertiary/aromatic N) is 3. The summed E-state index contributed by atoms with van der Waals surface area (Å²) in [6.45, 7) is 7.10. The fraction of sp³-hybridized carbons (Fsp3) is 0.324. The van der Waals surface area contributed by atoms with Crippen molar-refractivity contribution in [3.63, 3.8) is 0 Å². The van der Waals surface area contributed by atoms with E-state index >= 15 is 0 Å². The lowest BCUT2D eigenvalue weighted by atomic mass is 9.95. The van der Waals surface area contributed by atoms with E-state index in [2.05, 4.69) is 11.9 Å². The molecule has 0 aliphatic carbocycles. The van der Waals surface area contributed by atoms with E-state index in [4.69, 9.17) is 9.47 Å². The molecule has 5 rings (SSSR count). The molecular formula is C34H37N3O5. The summed E-state index contributed by atoms with van der Waals surface area (Å²) in [5.41, 5.74) is 3.30. The van der Waals surface area contributed by atoms with Gasteiger partial charge in [-0.2, -0.15) is 0 Å². The van der Waals surface area contributed by atoms with Crippen LogP contribution in [0.1, 0.15) is 61.7 Å². The average molecular weight is 568 g/mol. The Labute approximate surface area is 246 Å². The van der Waals surface area contributed by atoms with Gasteiger partial charge in [0.1, 0.15) is 11.3 Å². The number of carbonyl (C=O) groups is 2. The number of pyridine rings is 1. The van der Waals surface area contributed by atoms with Crippen LogP contribution in [0.25, 0.3) is 11.4 Å². The summed E-state index contributed by atoms with van der Waals surface area (Å²) >= 11 is 0. The minimum atomic E-state index is -0.823. The second kappa shape index (κ2) is 12.9. The van der Waals surface area contributed by atoms with Gasteiger partial charge < -0.3 is 19.5 Å². The van der Waals surface area contributed by atoms with Crippen molar-refractivity contribution in [1.29, 1.82) is 0 Å². The topological polar surface area (TPSA) is 93.4 Å². The Morgan fingerprint density at radius 1 is 0.952 bits per heavy atom. The largest absolute Gasteiger partial charge is 0.505 e. The van der Waals surface area contributed by atoms with Crippen LogP contribution in [-0.2, 0) is 16.0 Å². The van der Waals surface area contributed by atoms with Crippen molar-refractivity contribution < 1.29 is 24.2 Å². The number of hydrogen-bond acceptors (Lipinski definition) is 6. The van der Waals surface area contributed by atoms with Gasteiger partial charge in [0.2, 0.25) is 0 Å². The van der Waals surface area contributed by atoms with Crippen molar-refractivity contribution in [2.75, 3.05) is 19.8 Å². The number of amides is 1. The summed E-state index contributed by atoms with van der Waals surface area (Å²) in [6.07, 6.45) is 5.43. The number of benzene rings is 2. The van der Waals surface area contributed by atoms with Crippen molar-refractivity contribution >= 4 is 23.1 Å². The third-order valence-corrected chi connectivity index (χ3v) is 7.54. The van der Waals surface area contributed by atoms with E-state index in [1.54, 1.807) is 22.4 Å². The Morgan fingerprint density at radius 3 is 2.50 bits per heavy atom. The molecule has 1 fully saturated rings. The quantitative estimate of drug-likeness (QED) is 0.0938. The summed E-state index contributed by atoms with van der Waals surface area (Å²) in [5, 5.41) is 11.8. The van der Waals surface area contributed by atoms with E-state index in [0.717, 1.165) is 24.8 Å². The maximum Gasteiger partial charge on any atom is 0.295 e. The second-order valence-electron chi connectivity index (χ2n) is 10.4. The Hall–Kier alpha value is -4.59. The normalized spacial score (nSPS) is 16.4. The van der Waals surface area contributed by atoms with Crippen LogP contribution in [0, 0.1) is 6.92 Å². The molecule has 0 bridgehead atoms. The molecule has 1 N–H and O–H groups in total. The Bertz CT molecular complexity index is 1610. The fourth-order valence-electron chi connectivity index (χ4n) is 5.49. The molecular weight excluding hydrogens is 530 g/mol. The first-order chi connectivity index (χ1) is 20.4. The number of aryl methyl sites for hydroxylation is 1. The number of rotatable bonds is 12. The number of unbranched alkanes of at least 4 members (excludes halogenated alkanes) is 2. The van der Waals surface area contributed by atoms with Gasteiger partial charge in [-0.15, -0.1) is 0 Å². The second-order valence-corrected chi connectivity index (χ2v) is 10.4. The predicted molar refractivity (Wildman–Crippen MR) is 162 cm³/mol. The van der Waals surface area contributed by atoms with Crippen molar-refractivity contribution in [3.8, 4) is 11.5 Å². The number of aromatic nitrogens is 2. The molecule has 1 amide bonds. The molecule has 0 spiro atoms. The van der Waals surface area contributed by atoms with Crippen molar-refractivity contribution in [2.24, 2.45) is 0 Å². The Balaban J connectivity index is 1.61. The standard InChI is InChI=1S/C34H37N3O5/c1-4-6-12-21-42-26-17-16-25(22-27(26)41-5-2)31-29(32(38)30-23(3)35-28-15-10-11-19-36(28)30)33(39)34(40)37(31)20-18-24-13-8-7-9-14-24/h7-11,13-17,19,22,31,38H,4-6,12,18,20-21H2,1-3H3. The van der Waals surface area contributed by atoms with Crippen LogP contribution in [0.15, 0.2) is 78.5 Å². The first-order valence-electron chi connectivity index (χ1n) is 14.6. The lowest BCUT2D eigenvalue weighted by Gasteiger charge is -2.26. The van der Waals surface area contributed by atoms with E-state index in [9.17, 15) is 14.7 Å². The molecule has 1 aliphatic rings. The summed E-state index contributed by atoms with van der Waals surface area (Å²) in [4.78, 5) is 33.4. The Morgan fingerprint density at radius 2 is 1.74 bits per heavy atom. The van der Waals surface area contributed by atoms with Gasteiger partial charge in [-0.3, -0.25) is 14.0 Å². The molecule has 1 saturated heterocycles. The molecule has 0 radical (unpaired) electrons. The number of Topliss-reactive ketones (excluding diaryl/α,β-unsaturated/α-hetero) is 1. The number of imidazole rings is 1. The molecule has 3 heterocycles. The lowest BCUT2D eigenvalue weighted by Crippen LogP contribution is -2.31. The molecule has 0 saturated carbocycles. The molecule has 8 heteroatoms. The van der Waals surface area contributed by atoms with E-state index in [0.29, 0.717) is 60.3 Å². The van der Waals surface area contributed by atoms with Gasteiger partial charge in [0, 0.05) is 12.7 Å². The Kier molecular flexibility index (Phi) is 8.91. The molecule has 2 aromatic carbocycles. The summed E-state index contributed by atoms with van der Waals surface area (Å²) < 4.78 is 13.7. The zero-order valence-corrected chi connectivity index (χ0v) is 24.4. The third-order valence-electron chi connectivity index (χ3n) is 7.54. The van der Waals surface area contributed by atoms with Crippen molar-refractivity contribution in [2.45, 2.75) is 52.5 Å². The number of aliphatic hydroxyl groups excluding tert-OH is 1. The van der Waals surface area contributed by atoms with Gasteiger partial charge in [0.05, 0.1) is 30.5 Å². The van der Waals surface area contributed by atoms with Gasteiger partial charge in [-0.25, -0.2) is 4.98 Å². The predicted octanol–water partition coefficient (Wildman–Crippen LogP) is 6.27. The molecule has 4 aromatic rings. The van der Waals surface area contributed by atoms with E-state index < -0.39 is 17.7 Å². The molecule has 8 nitrogen and oxygen atoms in total. The smallest absolute Gasteiger partial charge is 0.295 e. The number of carbonyl (C=O) groups excluding carboxylic acids is 2. The average Bonchev–Trinajstić information content (AvgIpc) is 3.47. The third kappa shape index (κ3) is 5.75. The fourth-order valence-corrected chi connectivity index (χ4v) is 5.49. The minimum Gasteiger partial charge on any atom is -0.505 e. The number of likely N-dealkylation sites (tertiary alicyclic amines) is 1. The molecule has 1 aliphatic heterocycles. The monoisotopic (exact) mass is 567 g/mol. The summed E-state index contributed by atoms with van der Waals surface area (Å²) in [5.74, 6) is -0.494. The van der Waals surface area contributed by atoms with Gasteiger partial charge in [-0.1, -0.05) is 62.2 Å². The molecule has 42 heavy (non-hydrogen) atoms. The number of fused-ring (bicyclic) bond motifs is 1. The zero-order valence-electron chi connectivity index (χ0n) is 24.4. The van der Waals surface area contributed by atoms with Gasteiger partial charge in [-0.05, 0) is 62.1 Å². The van der Waals surface area contributed by atoms with E-state index in [1.807, 2.05) is 73.7 Å². The first kappa shape index (κ1) is 28.9. The minimum absolute atomic E-state index is 0.0286. The molecule has 1 unspecified atom stereocenters. The van der Waals surface area contributed by atoms with Crippen molar-refractivity contribution in [3.05, 3.63) is 101 Å². The summed E-state index contributed by atoms with van der Waals surface area (Å²) in [6, 6.07) is 20.0. The first-order valence-corrected chi connectivity index (χ1v) is 14.6. The van der Waals surface area contributed by atoms with Gasteiger partial charge in [0.25, 0.3) is 11.7 Å². The van der Waals surface area contributed by atoms with Gasteiger partial charge in [0.15, 0.2) is 17.3 Å². The van der Waals surface area contributed by atoms with Crippen LogP contribution in [-0.4, -0.2) is 50.8 Å². The SMILES string of the molecule is CCCCCOc1ccc(C2C(=C(O)c3c(C)nc4ccccn34)C(=O)C(=O)N2CCc2ccccc2)cc1OCC.